The molecule has 58 valence electrons. The van der Waals surface area contributed by atoms with E-state index in [1.807, 2.05) is 0 Å². The van der Waals surface area contributed by atoms with Gasteiger partial charge in [-0.25, -0.2) is 0 Å². The quantitative estimate of drug-likeness (QED) is 0.536. The molecule has 0 aromatic carbocycles. The lowest BCUT2D eigenvalue weighted by Crippen LogP contribution is -2.34. The predicted molar refractivity (Wildman–Crippen MR) is 43.0 cm³/mol. The van der Waals surface area contributed by atoms with Gasteiger partial charge in [-0.2, -0.15) is 0 Å². The molecule has 2 atom stereocenters. The molecule has 1 nitrogen and oxygen atoms in total. The van der Waals surface area contributed by atoms with Gasteiger partial charge in [-0.3, -0.25) is 0 Å². The Kier molecular flexibility index (Phi) is 1.31. The van der Waals surface area contributed by atoms with Gasteiger partial charge >= 0.3 is 0 Å². The minimum atomic E-state index is 0.744. The first-order chi connectivity index (χ1) is 4.76. The van der Waals surface area contributed by atoms with E-state index in [-0.39, 0.29) is 0 Å². The van der Waals surface area contributed by atoms with E-state index in [1.165, 1.54) is 32.4 Å². The highest BCUT2D eigenvalue weighted by atomic mass is 15.2. The fourth-order valence-corrected chi connectivity index (χ4v) is 2.44. The zero-order chi connectivity index (χ0) is 7.19. The lowest BCUT2D eigenvalue weighted by molar-refractivity contribution is 0.189. The molecule has 1 saturated carbocycles. The molecule has 1 heterocycles. The first-order valence-electron chi connectivity index (χ1n) is 4.50. The molecule has 10 heavy (non-hydrogen) atoms. The van der Waals surface area contributed by atoms with Crippen molar-refractivity contribution in [3.63, 3.8) is 0 Å². The van der Waals surface area contributed by atoms with Gasteiger partial charge in [0.2, 0.25) is 0 Å². The van der Waals surface area contributed by atoms with Gasteiger partial charge in [0.15, 0.2) is 0 Å². The standard InChI is InChI=1S/C9H17N/c1-3-10-6-4-5-9(2)7-8(9)10/h8H,3-7H2,1-2H3. The van der Waals surface area contributed by atoms with Crippen LogP contribution in [0, 0.1) is 5.41 Å². The summed E-state index contributed by atoms with van der Waals surface area (Å²) in [6.07, 6.45) is 4.38. The van der Waals surface area contributed by atoms with E-state index in [0.717, 1.165) is 11.5 Å². The largest absolute Gasteiger partial charge is 0.300 e. The second-order valence-electron chi connectivity index (χ2n) is 4.11. The van der Waals surface area contributed by atoms with Gasteiger partial charge in [0.1, 0.15) is 0 Å². The minimum Gasteiger partial charge on any atom is -0.300 e. The van der Waals surface area contributed by atoms with Crippen LogP contribution in [0.5, 0.6) is 0 Å². The molecule has 2 unspecified atom stereocenters. The van der Waals surface area contributed by atoms with Crippen LogP contribution < -0.4 is 0 Å². The average Bonchev–Trinajstić information content (AvgIpc) is 2.59. The number of likely N-dealkylation sites (tertiary alicyclic amines) is 1. The van der Waals surface area contributed by atoms with E-state index in [4.69, 9.17) is 0 Å². The van der Waals surface area contributed by atoms with Crippen LogP contribution in [0.1, 0.15) is 33.1 Å². The molecular formula is C9H17N. The molecule has 0 spiro atoms. The number of piperidine rings is 1. The van der Waals surface area contributed by atoms with Crippen molar-refractivity contribution >= 4 is 0 Å². The lowest BCUT2D eigenvalue weighted by Gasteiger charge is -2.28. The highest BCUT2D eigenvalue weighted by Crippen LogP contribution is 2.54. The Bertz CT molecular complexity index is 142. The zero-order valence-electron chi connectivity index (χ0n) is 7.06. The van der Waals surface area contributed by atoms with Crippen LogP contribution in [0.4, 0.5) is 0 Å². The molecule has 1 aliphatic carbocycles. The highest BCUT2D eigenvalue weighted by molar-refractivity contribution is 5.08. The summed E-state index contributed by atoms with van der Waals surface area (Å²) in [5.41, 5.74) is 0.744. The van der Waals surface area contributed by atoms with Crippen LogP contribution in [0.2, 0.25) is 0 Å². The normalized spacial score (nSPS) is 46.8. The smallest absolute Gasteiger partial charge is 0.0155 e. The molecule has 2 fully saturated rings. The SMILES string of the molecule is CCN1CCCC2(C)CC12. The maximum absolute atomic E-state index is 2.64. The third-order valence-corrected chi connectivity index (χ3v) is 3.34. The van der Waals surface area contributed by atoms with Crippen molar-refractivity contribution in [2.75, 3.05) is 13.1 Å². The summed E-state index contributed by atoms with van der Waals surface area (Å²) in [7, 11) is 0. The topological polar surface area (TPSA) is 3.24 Å². The van der Waals surface area contributed by atoms with Crippen molar-refractivity contribution in [3.8, 4) is 0 Å². The van der Waals surface area contributed by atoms with Crippen LogP contribution >= 0.6 is 0 Å². The molecule has 1 saturated heterocycles. The monoisotopic (exact) mass is 139 g/mol. The van der Waals surface area contributed by atoms with E-state index < -0.39 is 0 Å². The Morgan fingerprint density at radius 3 is 3.00 bits per heavy atom. The zero-order valence-corrected chi connectivity index (χ0v) is 7.06. The predicted octanol–water partition coefficient (Wildman–Crippen LogP) is 1.88. The first-order valence-corrected chi connectivity index (χ1v) is 4.50. The summed E-state index contributed by atoms with van der Waals surface area (Å²) >= 11 is 0. The number of rotatable bonds is 1. The summed E-state index contributed by atoms with van der Waals surface area (Å²) < 4.78 is 0. The summed E-state index contributed by atoms with van der Waals surface area (Å²) in [5, 5.41) is 0. The summed E-state index contributed by atoms with van der Waals surface area (Å²) in [6, 6.07) is 0.964. The van der Waals surface area contributed by atoms with Crippen LogP contribution in [0.25, 0.3) is 0 Å². The Labute approximate surface area is 63.4 Å². The molecule has 0 N–H and O–H groups in total. The van der Waals surface area contributed by atoms with Gasteiger partial charge in [-0.15, -0.1) is 0 Å². The molecule has 0 aromatic rings. The Hall–Kier alpha value is -0.0400. The molecule has 0 radical (unpaired) electrons. The molecule has 2 aliphatic rings. The van der Waals surface area contributed by atoms with Crippen molar-refractivity contribution in [2.24, 2.45) is 5.41 Å². The van der Waals surface area contributed by atoms with E-state index >= 15 is 0 Å². The second-order valence-corrected chi connectivity index (χ2v) is 4.11. The van der Waals surface area contributed by atoms with Gasteiger partial charge in [0.05, 0.1) is 0 Å². The van der Waals surface area contributed by atoms with Crippen LogP contribution in [0.15, 0.2) is 0 Å². The lowest BCUT2D eigenvalue weighted by atomic mass is 9.98. The number of hydrogen-bond acceptors (Lipinski definition) is 1. The fraction of sp³-hybridized carbons (Fsp3) is 1.00. The van der Waals surface area contributed by atoms with E-state index in [0.29, 0.717) is 0 Å². The number of nitrogens with zero attached hydrogens (tertiary/aromatic N) is 1. The van der Waals surface area contributed by atoms with Gasteiger partial charge < -0.3 is 4.90 Å². The van der Waals surface area contributed by atoms with Crippen molar-refractivity contribution < 1.29 is 0 Å². The maximum Gasteiger partial charge on any atom is 0.0155 e. The second kappa shape index (κ2) is 1.97. The Morgan fingerprint density at radius 2 is 2.40 bits per heavy atom. The maximum atomic E-state index is 2.64. The molecule has 2 rings (SSSR count). The van der Waals surface area contributed by atoms with Crippen LogP contribution in [-0.4, -0.2) is 24.0 Å². The van der Waals surface area contributed by atoms with Crippen LogP contribution in [-0.2, 0) is 0 Å². The molecule has 0 bridgehead atoms. The molecule has 0 aromatic heterocycles. The fourth-order valence-electron chi connectivity index (χ4n) is 2.44. The Morgan fingerprint density at radius 1 is 1.60 bits per heavy atom. The number of fused-ring (bicyclic) bond motifs is 1. The van der Waals surface area contributed by atoms with E-state index in [2.05, 4.69) is 18.7 Å². The van der Waals surface area contributed by atoms with E-state index in [1.54, 1.807) is 0 Å². The molecular weight excluding hydrogens is 122 g/mol. The summed E-state index contributed by atoms with van der Waals surface area (Å²) in [5.74, 6) is 0. The summed E-state index contributed by atoms with van der Waals surface area (Å²) in [4.78, 5) is 2.64. The van der Waals surface area contributed by atoms with Crippen molar-refractivity contribution in [2.45, 2.75) is 39.2 Å². The molecule has 1 aliphatic heterocycles. The van der Waals surface area contributed by atoms with Crippen molar-refractivity contribution in [1.29, 1.82) is 0 Å². The highest BCUT2D eigenvalue weighted by Gasteiger charge is 2.54. The van der Waals surface area contributed by atoms with Gasteiger partial charge in [-0.1, -0.05) is 13.8 Å². The third-order valence-electron chi connectivity index (χ3n) is 3.34. The third kappa shape index (κ3) is 0.800. The van der Waals surface area contributed by atoms with Crippen molar-refractivity contribution in [3.05, 3.63) is 0 Å². The first kappa shape index (κ1) is 6.66. The number of hydrogen-bond donors (Lipinski definition) is 0. The molecule has 0 amide bonds. The summed E-state index contributed by atoms with van der Waals surface area (Å²) in [6.45, 7) is 7.35. The minimum absolute atomic E-state index is 0.744. The van der Waals surface area contributed by atoms with E-state index in [9.17, 15) is 0 Å². The van der Waals surface area contributed by atoms with Crippen molar-refractivity contribution in [1.82, 2.24) is 4.90 Å². The molecule has 1 heteroatoms. The van der Waals surface area contributed by atoms with Gasteiger partial charge in [0, 0.05) is 6.04 Å². The van der Waals surface area contributed by atoms with Gasteiger partial charge in [0.25, 0.3) is 0 Å². The van der Waals surface area contributed by atoms with Crippen LogP contribution in [0.3, 0.4) is 0 Å². The average molecular weight is 139 g/mol. The Balaban J connectivity index is 2.02. The van der Waals surface area contributed by atoms with Gasteiger partial charge in [-0.05, 0) is 37.8 Å².